The van der Waals surface area contributed by atoms with Crippen molar-refractivity contribution < 1.29 is 9.59 Å². The first-order chi connectivity index (χ1) is 14.0. The molecule has 29 heavy (non-hydrogen) atoms. The van der Waals surface area contributed by atoms with Crippen LogP contribution in [-0.4, -0.2) is 29.9 Å². The second-order valence-electron chi connectivity index (χ2n) is 6.79. The Morgan fingerprint density at radius 2 is 1.83 bits per heavy atom. The van der Waals surface area contributed by atoms with Crippen molar-refractivity contribution in [2.45, 2.75) is 12.8 Å². The molecule has 0 bridgehead atoms. The van der Waals surface area contributed by atoms with Gasteiger partial charge in [-0.2, -0.15) is 0 Å². The van der Waals surface area contributed by atoms with Crippen molar-refractivity contribution in [2.75, 3.05) is 23.3 Å². The fourth-order valence-corrected chi connectivity index (χ4v) is 4.24. The molecule has 6 nitrogen and oxygen atoms in total. The molecule has 0 saturated carbocycles. The first-order valence-electron chi connectivity index (χ1n) is 9.23. The molecule has 4 rings (SSSR count). The molecule has 1 aliphatic rings. The SMILES string of the molecule is NC(=O)c1ccc(N2CCCC2)c(NC(=O)c2csc(-c3ccc(Cl)cc3)n2)c1. The zero-order valence-corrected chi connectivity index (χ0v) is 17.1. The number of thiazole rings is 1. The van der Waals surface area contributed by atoms with Crippen molar-refractivity contribution in [2.24, 2.45) is 5.73 Å². The third-order valence-electron chi connectivity index (χ3n) is 4.80. The number of amides is 2. The van der Waals surface area contributed by atoms with Gasteiger partial charge in [0.1, 0.15) is 10.7 Å². The molecule has 148 valence electrons. The fraction of sp³-hybridized carbons (Fsp3) is 0.190. The molecule has 3 aromatic rings. The average Bonchev–Trinajstić information content (AvgIpc) is 3.41. The number of rotatable bonds is 5. The number of nitrogens with zero attached hydrogens (tertiary/aromatic N) is 2. The van der Waals surface area contributed by atoms with Gasteiger partial charge in [0.2, 0.25) is 5.91 Å². The van der Waals surface area contributed by atoms with Crippen LogP contribution in [-0.2, 0) is 0 Å². The van der Waals surface area contributed by atoms with Gasteiger partial charge in [0.15, 0.2) is 0 Å². The van der Waals surface area contributed by atoms with E-state index >= 15 is 0 Å². The van der Waals surface area contributed by atoms with E-state index in [1.807, 2.05) is 18.2 Å². The van der Waals surface area contributed by atoms with Gasteiger partial charge >= 0.3 is 0 Å². The van der Waals surface area contributed by atoms with E-state index in [2.05, 4.69) is 15.2 Å². The minimum absolute atomic E-state index is 0.316. The summed E-state index contributed by atoms with van der Waals surface area (Å²) in [5.74, 6) is -0.865. The number of benzene rings is 2. The van der Waals surface area contributed by atoms with Crippen molar-refractivity contribution in [1.29, 1.82) is 0 Å². The molecule has 1 aliphatic heterocycles. The number of hydrogen-bond donors (Lipinski definition) is 2. The number of anilines is 2. The Bertz CT molecular complexity index is 1060. The number of carbonyl (C=O) groups is 2. The normalized spacial score (nSPS) is 13.5. The second kappa shape index (κ2) is 8.23. The molecule has 1 aromatic heterocycles. The second-order valence-corrected chi connectivity index (χ2v) is 8.08. The third kappa shape index (κ3) is 4.26. The summed E-state index contributed by atoms with van der Waals surface area (Å²) in [5.41, 5.74) is 8.43. The topological polar surface area (TPSA) is 88.3 Å². The van der Waals surface area contributed by atoms with Crippen LogP contribution >= 0.6 is 22.9 Å². The van der Waals surface area contributed by atoms with Gasteiger partial charge < -0.3 is 16.0 Å². The van der Waals surface area contributed by atoms with Crippen LogP contribution in [0.15, 0.2) is 47.8 Å². The number of nitrogens with one attached hydrogen (secondary N) is 1. The fourth-order valence-electron chi connectivity index (χ4n) is 3.31. The van der Waals surface area contributed by atoms with Crippen molar-refractivity contribution in [3.8, 4) is 10.6 Å². The van der Waals surface area contributed by atoms with Gasteiger partial charge in [-0.05, 0) is 43.2 Å². The summed E-state index contributed by atoms with van der Waals surface area (Å²) in [6.45, 7) is 1.83. The summed E-state index contributed by atoms with van der Waals surface area (Å²) in [6.07, 6.45) is 2.20. The van der Waals surface area contributed by atoms with Crippen LogP contribution in [0.25, 0.3) is 10.6 Å². The van der Waals surface area contributed by atoms with Gasteiger partial charge in [-0.1, -0.05) is 23.7 Å². The Labute approximate surface area is 177 Å². The molecule has 8 heteroatoms. The highest BCUT2D eigenvalue weighted by molar-refractivity contribution is 7.13. The van der Waals surface area contributed by atoms with Gasteiger partial charge in [0.25, 0.3) is 5.91 Å². The molecule has 0 atom stereocenters. The van der Waals surface area contributed by atoms with Crippen LogP contribution in [0.2, 0.25) is 5.02 Å². The Morgan fingerprint density at radius 1 is 1.10 bits per heavy atom. The molecule has 2 heterocycles. The lowest BCUT2D eigenvalue weighted by molar-refractivity contribution is 0.0995. The average molecular weight is 427 g/mol. The zero-order chi connectivity index (χ0) is 20.4. The monoisotopic (exact) mass is 426 g/mol. The minimum atomic E-state index is -0.535. The molecular weight excluding hydrogens is 408 g/mol. The number of hydrogen-bond acceptors (Lipinski definition) is 5. The van der Waals surface area contributed by atoms with Gasteiger partial charge in [-0.15, -0.1) is 11.3 Å². The first-order valence-corrected chi connectivity index (χ1v) is 10.5. The van der Waals surface area contributed by atoms with E-state index in [0.717, 1.165) is 42.2 Å². The summed E-state index contributed by atoms with van der Waals surface area (Å²) in [6, 6.07) is 12.5. The molecule has 0 radical (unpaired) electrons. The summed E-state index contributed by atoms with van der Waals surface area (Å²) >= 11 is 7.32. The third-order valence-corrected chi connectivity index (χ3v) is 5.95. The van der Waals surface area contributed by atoms with E-state index in [4.69, 9.17) is 17.3 Å². The number of primary amides is 1. The number of aromatic nitrogens is 1. The van der Waals surface area contributed by atoms with Crippen molar-refractivity contribution >= 4 is 46.1 Å². The zero-order valence-electron chi connectivity index (χ0n) is 15.5. The summed E-state index contributed by atoms with van der Waals surface area (Å²) in [5, 5.41) is 6.00. The van der Waals surface area contributed by atoms with E-state index in [1.54, 1.807) is 29.6 Å². The predicted octanol–water partition coefficient (Wildman–Crippen LogP) is 4.41. The molecule has 1 saturated heterocycles. The van der Waals surface area contributed by atoms with Crippen LogP contribution in [0.3, 0.4) is 0 Å². The molecule has 1 fully saturated rings. The maximum Gasteiger partial charge on any atom is 0.275 e. The van der Waals surface area contributed by atoms with Crippen LogP contribution in [0.5, 0.6) is 0 Å². The summed E-state index contributed by atoms with van der Waals surface area (Å²) < 4.78 is 0. The molecule has 0 unspecified atom stereocenters. The van der Waals surface area contributed by atoms with Crippen LogP contribution in [0, 0.1) is 0 Å². The van der Waals surface area contributed by atoms with Crippen LogP contribution in [0.4, 0.5) is 11.4 Å². The van der Waals surface area contributed by atoms with Crippen LogP contribution in [0.1, 0.15) is 33.7 Å². The molecule has 0 spiro atoms. The molecule has 0 aliphatic carbocycles. The number of carbonyl (C=O) groups excluding carboxylic acids is 2. The lowest BCUT2D eigenvalue weighted by Gasteiger charge is -2.22. The molecular formula is C21H19ClN4O2S. The Hall–Kier alpha value is -2.90. The Kier molecular flexibility index (Phi) is 5.51. The maximum atomic E-state index is 12.8. The minimum Gasteiger partial charge on any atom is -0.370 e. The van der Waals surface area contributed by atoms with Gasteiger partial charge in [0.05, 0.1) is 11.4 Å². The van der Waals surface area contributed by atoms with E-state index in [-0.39, 0.29) is 5.91 Å². The first kappa shape index (κ1) is 19.4. The molecule has 3 N–H and O–H groups in total. The van der Waals surface area contributed by atoms with E-state index in [9.17, 15) is 9.59 Å². The number of halogens is 1. The van der Waals surface area contributed by atoms with Crippen molar-refractivity contribution in [3.05, 3.63) is 64.1 Å². The van der Waals surface area contributed by atoms with Crippen molar-refractivity contribution in [3.63, 3.8) is 0 Å². The highest BCUT2D eigenvalue weighted by Crippen LogP contribution is 2.31. The predicted molar refractivity (Wildman–Crippen MR) is 117 cm³/mol. The smallest absolute Gasteiger partial charge is 0.275 e. The Morgan fingerprint density at radius 3 is 2.52 bits per heavy atom. The van der Waals surface area contributed by atoms with E-state index < -0.39 is 5.91 Å². The maximum absolute atomic E-state index is 12.8. The van der Waals surface area contributed by atoms with E-state index in [0.29, 0.717) is 22.0 Å². The lowest BCUT2D eigenvalue weighted by Crippen LogP contribution is -2.22. The summed E-state index contributed by atoms with van der Waals surface area (Å²) in [4.78, 5) is 31.1. The van der Waals surface area contributed by atoms with Crippen molar-refractivity contribution in [1.82, 2.24) is 4.98 Å². The number of nitrogens with two attached hydrogens (primary N) is 1. The van der Waals surface area contributed by atoms with Gasteiger partial charge in [-0.3, -0.25) is 9.59 Å². The van der Waals surface area contributed by atoms with E-state index in [1.165, 1.54) is 11.3 Å². The standard InChI is InChI=1S/C21H19ClN4O2S/c22-15-6-3-13(4-7-15)21-25-17(12-29-21)20(28)24-16-11-14(19(23)27)5-8-18(16)26-9-1-2-10-26/h3-8,11-12H,1-2,9-10H2,(H2,23,27)(H,24,28). The largest absolute Gasteiger partial charge is 0.370 e. The van der Waals surface area contributed by atoms with Gasteiger partial charge in [0, 0.05) is 34.6 Å². The highest BCUT2D eigenvalue weighted by Gasteiger charge is 2.20. The summed E-state index contributed by atoms with van der Waals surface area (Å²) in [7, 11) is 0. The molecule has 2 amide bonds. The molecule has 2 aromatic carbocycles. The lowest BCUT2D eigenvalue weighted by atomic mass is 10.1. The Balaban J connectivity index is 1.60. The van der Waals surface area contributed by atoms with Crippen LogP contribution < -0.4 is 16.0 Å². The highest BCUT2D eigenvalue weighted by atomic mass is 35.5. The van der Waals surface area contributed by atoms with Gasteiger partial charge in [-0.25, -0.2) is 4.98 Å². The quantitative estimate of drug-likeness (QED) is 0.632.